The Balaban J connectivity index is 1.74. The number of piperidine rings is 1. The second kappa shape index (κ2) is 8.33. The fourth-order valence-electron chi connectivity index (χ4n) is 3.01. The summed E-state index contributed by atoms with van der Waals surface area (Å²) in [6, 6.07) is 9.70. The minimum Gasteiger partial charge on any atom is -0.337 e. The molecule has 1 atom stereocenters. The zero-order valence-electron chi connectivity index (χ0n) is 14.0. The van der Waals surface area contributed by atoms with E-state index in [0.29, 0.717) is 18.1 Å². The Morgan fingerprint density at radius 2 is 2.17 bits per heavy atom. The lowest BCUT2D eigenvalue weighted by Gasteiger charge is -2.33. The van der Waals surface area contributed by atoms with Gasteiger partial charge in [-0.25, -0.2) is 0 Å². The number of carbonyl (C=O) groups excluding carboxylic acids is 1. The van der Waals surface area contributed by atoms with E-state index in [0.717, 1.165) is 42.9 Å². The van der Waals surface area contributed by atoms with Crippen LogP contribution in [0.3, 0.4) is 0 Å². The number of benzene rings is 1. The lowest BCUT2D eigenvalue weighted by Crippen LogP contribution is -2.38. The lowest BCUT2D eigenvalue weighted by molar-refractivity contribution is -0.135. The molecule has 2 heterocycles. The van der Waals surface area contributed by atoms with Crippen molar-refractivity contribution in [3.63, 3.8) is 0 Å². The second-order valence-electron chi connectivity index (χ2n) is 5.87. The summed E-state index contributed by atoms with van der Waals surface area (Å²) in [7, 11) is 0. The number of likely N-dealkylation sites (tertiary alicyclic amines) is 1. The van der Waals surface area contributed by atoms with Gasteiger partial charge in [0.2, 0.25) is 17.6 Å². The number of rotatable bonds is 6. The molecule has 0 N–H and O–H groups in total. The van der Waals surface area contributed by atoms with Gasteiger partial charge in [-0.3, -0.25) is 4.79 Å². The van der Waals surface area contributed by atoms with E-state index in [1.807, 2.05) is 35.2 Å². The van der Waals surface area contributed by atoms with Crippen LogP contribution in [0, 0.1) is 0 Å². The highest BCUT2D eigenvalue weighted by Gasteiger charge is 2.31. The molecule has 0 aliphatic carbocycles. The molecule has 1 amide bonds. The molecule has 128 valence electrons. The Hall–Kier alpha value is -1.82. The summed E-state index contributed by atoms with van der Waals surface area (Å²) in [5.41, 5.74) is 0.931. The van der Waals surface area contributed by atoms with Gasteiger partial charge in [0.25, 0.3) is 0 Å². The molecule has 0 saturated carbocycles. The van der Waals surface area contributed by atoms with Crippen molar-refractivity contribution in [1.82, 2.24) is 15.0 Å². The van der Waals surface area contributed by atoms with Crippen LogP contribution in [0.25, 0.3) is 11.4 Å². The molecular weight excluding hydrogens is 322 g/mol. The summed E-state index contributed by atoms with van der Waals surface area (Å²) in [6.07, 6.45) is 3.60. The molecular formula is C18H23N3O2S. The molecule has 2 aromatic rings. The first-order valence-corrected chi connectivity index (χ1v) is 9.71. The van der Waals surface area contributed by atoms with Crippen LogP contribution in [0.1, 0.15) is 44.5 Å². The molecule has 3 rings (SSSR count). The number of hydrogen-bond acceptors (Lipinski definition) is 5. The molecule has 0 bridgehead atoms. The van der Waals surface area contributed by atoms with E-state index in [2.05, 4.69) is 17.1 Å². The Labute approximate surface area is 146 Å². The molecule has 1 aromatic carbocycles. The molecule has 0 radical (unpaired) electrons. The van der Waals surface area contributed by atoms with Gasteiger partial charge < -0.3 is 9.42 Å². The standard InChI is InChI=1S/C18H23N3O2S/c1-2-24-13-11-16(22)21-12-7-6-10-15(21)18-19-17(20-23-18)14-8-4-3-5-9-14/h3-5,8-9,15H,2,6-7,10-13H2,1H3/t15-/m1/s1. The fraction of sp³-hybridized carbons (Fsp3) is 0.500. The van der Waals surface area contributed by atoms with Crippen molar-refractivity contribution in [2.75, 3.05) is 18.1 Å². The van der Waals surface area contributed by atoms with E-state index in [1.54, 1.807) is 11.8 Å². The van der Waals surface area contributed by atoms with Crippen molar-refractivity contribution in [3.05, 3.63) is 36.2 Å². The Morgan fingerprint density at radius 3 is 2.96 bits per heavy atom. The fourth-order valence-corrected chi connectivity index (χ4v) is 3.62. The van der Waals surface area contributed by atoms with Gasteiger partial charge in [0.15, 0.2) is 0 Å². The number of thioether (sulfide) groups is 1. The Kier molecular flexibility index (Phi) is 5.91. The van der Waals surface area contributed by atoms with Crippen LogP contribution >= 0.6 is 11.8 Å². The van der Waals surface area contributed by atoms with Crippen molar-refractivity contribution >= 4 is 17.7 Å². The summed E-state index contributed by atoms with van der Waals surface area (Å²) < 4.78 is 5.50. The third-order valence-corrected chi connectivity index (χ3v) is 5.15. The third-order valence-electron chi connectivity index (χ3n) is 4.25. The maximum absolute atomic E-state index is 12.6. The lowest BCUT2D eigenvalue weighted by atomic mass is 10.0. The summed E-state index contributed by atoms with van der Waals surface area (Å²) in [4.78, 5) is 19.0. The number of hydrogen-bond donors (Lipinski definition) is 0. The Morgan fingerprint density at radius 1 is 1.33 bits per heavy atom. The van der Waals surface area contributed by atoms with Gasteiger partial charge >= 0.3 is 0 Å². The van der Waals surface area contributed by atoms with E-state index in [4.69, 9.17) is 4.52 Å². The highest BCUT2D eigenvalue weighted by Crippen LogP contribution is 2.31. The van der Waals surface area contributed by atoms with Crippen LogP contribution in [0.15, 0.2) is 34.9 Å². The molecule has 1 fully saturated rings. The monoisotopic (exact) mass is 345 g/mol. The zero-order valence-corrected chi connectivity index (χ0v) is 14.8. The average molecular weight is 345 g/mol. The quantitative estimate of drug-likeness (QED) is 0.742. The molecule has 1 saturated heterocycles. The van der Waals surface area contributed by atoms with Gasteiger partial charge in [0.05, 0.1) is 0 Å². The first kappa shape index (κ1) is 17.0. The van der Waals surface area contributed by atoms with Gasteiger partial charge in [0.1, 0.15) is 6.04 Å². The van der Waals surface area contributed by atoms with Crippen molar-refractivity contribution in [3.8, 4) is 11.4 Å². The first-order valence-electron chi connectivity index (χ1n) is 8.56. The predicted molar refractivity (Wildman–Crippen MR) is 95.7 cm³/mol. The normalized spacial score (nSPS) is 17.9. The predicted octanol–water partition coefficient (Wildman–Crippen LogP) is 3.93. The van der Waals surface area contributed by atoms with E-state index in [1.165, 1.54) is 0 Å². The second-order valence-corrected chi connectivity index (χ2v) is 7.26. The van der Waals surface area contributed by atoms with E-state index in [-0.39, 0.29) is 11.9 Å². The topological polar surface area (TPSA) is 59.2 Å². The minimum atomic E-state index is -0.0807. The zero-order chi connectivity index (χ0) is 16.8. The largest absolute Gasteiger partial charge is 0.337 e. The van der Waals surface area contributed by atoms with Crippen molar-refractivity contribution in [1.29, 1.82) is 0 Å². The summed E-state index contributed by atoms with van der Waals surface area (Å²) in [5, 5.41) is 4.10. The van der Waals surface area contributed by atoms with Crippen molar-refractivity contribution in [2.24, 2.45) is 0 Å². The molecule has 1 aliphatic heterocycles. The molecule has 0 spiro atoms. The van der Waals surface area contributed by atoms with Crippen molar-refractivity contribution < 1.29 is 9.32 Å². The maximum Gasteiger partial charge on any atom is 0.249 e. The third kappa shape index (κ3) is 3.98. The number of amides is 1. The summed E-state index contributed by atoms with van der Waals surface area (Å²) in [5.74, 6) is 3.26. The van der Waals surface area contributed by atoms with Crippen LogP contribution in [0.2, 0.25) is 0 Å². The van der Waals surface area contributed by atoms with Crippen LogP contribution < -0.4 is 0 Å². The molecule has 6 heteroatoms. The first-order chi connectivity index (χ1) is 11.8. The van der Waals surface area contributed by atoms with Gasteiger partial charge in [0, 0.05) is 24.3 Å². The van der Waals surface area contributed by atoms with Gasteiger partial charge in [-0.1, -0.05) is 42.4 Å². The van der Waals surface area contributed by atoms with Gasteiger partial charge in [-0.15, -0.1) is 0 Å². The molecule has 0 unspecified atom stereocenters. The maximum atomic E-state index is 12.6. The minimum absolute atomic E-state index is 0.0807. The summed E-state index contributed by atoms with van der Waals surface area (Å²) >= 11 is 1.80. The van der Waals surface area contributed by atoms with Gasteiger partial charge in [-0.05, 0) is 25.0 Å². The molecule has 24 heavy (non-hydrogen) atoms. The van der Waals surface area contributed by atoms with Gasteiger partial charge in [-0.2, -0.15) is 16.7 Å². The van der Waals surface area contributed by atoms with Crippen LogP contribution in [-0.4, -0.2) is 39.0 Å². The molecule has 1 aromatic heterocycles. The highest BCUT2D eigenvalue weighted by atomic mass is 32.2. The summed E-state index contributed by atoms with van der Waals surface area (Å²) in [6.45, 7) is 2.89. The molecule has 5 nitrogen and oxygen atoms in total. The average Bonchev–Trinajstić information content (AvgIpc) is 3.12. The SMILES string of the molecule is CCSCCC(=O)N1CCCC[C@@H]1c1nc(-c2ccccc2)no1. The highest BCUT2D eigenvalue weighted by molar-refractivity contribution is 7.99. The van der Waals surface area contributed by atoms with E-state index in [9.17, 15) is 4.79 Å². The number of carbonyl (C=O) groups is 1. The molecule has 1 aliphatic rings. The number of nitrogens with zero attached hydrogens (tertiary/aromatic N) is 3. The Bertz CT molecular complexity index is 659. The number of aromatic nitrogens is 2. The van der Waals surface area contributed by atoms with E-state index >= 15 is 0 Å². The van der Waals surface area contributed by atoms with E-state index < -0.39 is 0 Å². The van der Waals surface area contributed by atoms with Crippen LogP contribution in [0.5, 0.6) is 0 Å². The van der Waals surface area contributed by atoms with Crippen molar-refractivity contribution in [2.45, 2.75) is 38.6 Å². The smallest absolute Gasteiger partial charge is 0.249 e. The van der Waals surface area contributed by atoms with Crippen LogP contribution in [-0.2, 0) is 4.79 Å². The van der Waals surface area contributed by atoms with Crippen LogP contribution in [0.4, 0.5) is 0 Å².